The zero-order valence-corrected chi connectivity index (χ0v) is 11.7. The van der Waals surface area contributed by atoms with Crippen molar-refractivity contribution in [2.24, 2.45) is 5.41 Å². The van der Waals surface area contributed by atoms with E-state index in [9.17, 15) is 0 Å². The SMILES string of the molecule is CC(CC(C)(C)C)c1cn(C(C)(C)C)nn1. The van der Waals surface area contributed by atoms with Crippen LogP contribution in [-0.4, -0.2) is 15.0 Å². The van der Waals surface area contributed by atoms with Gasteiger partial charge in [-0.25, -0.2) is 4.68 Å². The molecule has 0 saturated heterocycles. The summed E-state index contributed by atoms with van der Waals surface area (Å²) in [5.41, 5.74) is 1.46. The third-order valence-electron chi connectivity index (χ3n) is 2.62. The highest BCUT2D eigenvalue weighted by molar-refractivity contribution is 5.02. The molecule has 3 nitrogen and oxygen atoms in total. The highest BCUT2D eigenvalue weighted by Gasteiger charge is 2.21. The monoisotopic (exact) mass is 223 g/mol. The minimum absolute atomic E-state index is 0.0205. The molecule has 1 aromatic rings. The van der Waals surface area contributed by atoms with E-state index in [2.05, 4.69) is 65.0 Å². The second kappa shape index (κ2) is 4.19. The Balaban J connectivity index is 2.79. The lowest BCUT2D eigenvalue weighted by atomic mass is 9.84. The van der Waals surface area contributed by atoms with E-state index in [1.54, 1.807) is 0 Å². The van der Waals surface area contributed by atoms with Gasteiger partial charge in [0, 0.05) is 12.1 Å². The molecule has 1 rings (SSSR count). The van der Waals surface area contributed by atoms with Crippen LogP contribution < -0.4 is 0 Å². The Morgan fingerprint density at radius 2 is 1.75 bits per heavy atom. The Labute approximate surface area is 99.2 Å². The van der Waals surface area contributed by atoms with Gasteiger partial charge >= 0.3 is 0 Å². The highest BCUT2D eigenvalue weighted by Crippen LogP contribution is 2.30. The fourth-order valence-electron chi connectivity index (χ4n) is 1.85. The Morgan fingerprint density at radius 3 is 2.12 bits per heavy atom. The van der Waals surface area contributed by atoms with Crippen molar-refractivity contribution in [3.8, 4) is 0 Å². The molecule has 1 heterocycles. The lowest BCUT2D eigenvalue weighted by Gasteiger charge is -2.22. The largest absolute Gasteiger partial charge is 0.247 e. The molecule has 0 aliphatic rings. The second-order valence-electron chi connectivity index (χ2n) is 6.92. The van der Waals surface area contributed by atoms with Crippen molar-refractivity contribution < 1.29 is 0 Å². The average Bonchev–Trinajstić information content (AvgIpc) is 2.46. The van der Waals surface area contributed by atoms with E-state index >= 15 is 0 Å². The van der Waals surface area contributed by atoms with E-state index in [0.717, 1.165) is 12.1 Å². The Morgan fingerprint density at radius 1 is 1.19 bits per heavy atom. The molecule has 92 valence electrons. The van der Waals surface area contributed by atoms with Crippen LogP contribution in [0.5, 0.6) is 0 Å². The van der Waals surface area contributed by atoms with E-state index in [1.165, 1.54) is 0 Å². The van der Waals surface area contributed by atoms with Crippen LogP contribution in [-0.2, 0) is 5.54 Å². The molecule has 0 aliphatic carbocycles. The minimum Gasteiger partial charge on any atom is -0.247 e. The van der Waals surface area contributed by atoms with Crippen molar-refractivity contribution >= 4 is 0 Å². The molecular formula is C13H25N3. The first-order chi connectivity index (χ1) is 7.09. The van der Waals surface area contributed by atoms with Crippen LogP contribution in [0.15, 0.2) is 6.20 Å². The van der Waals surface area contributed by atoms with Crippen LogP contribution in [0, 0.1) is 5.41 Å². The summed E-state index contributed by atoms with van der Waals surface area (Å²) in [6.07, 6.45) is 3.21. The highest BCUT2D eigenvalue weighted by atomic mass is 15.4. The molecule has 0 N–H and O–H groups in total. The van der Waals surface area contributed by atoms with Crippen LogP contribution in [0.1, 0.15) is 66.5 Å². The van der Waals surface area contributed by atoms with Crippen molar-refractivity contribution in [2.45, 2.75) is 66.3 Å². The summed E-state index contributed by atoms with van der Waals surface area (Å²) >= 11 is 0. The molecule has 0 saturated carbocycles. The fourth-order valence-corrected chi connectivity index (χ4v) is 1.85. The summed E-state index contributed by atoms with van der Waals surface area (Å²) in [6.45, 7) is 15.4. The summed E-state index contributed by atoms with van der Waals surface area (Å²) < 4.78 is 1.95. The quantitative estimate of drug-likeness (QED) is 0.767. The summed E-state index contributed by atoms with van der Waals surface area (Å²) in [5, 5.41) is 8.48. The Hall–Kier alpha value is -0.860. The predicted molar refractivity (Wildman–Crippen MR) is 67.5 cm³/mol. The van der Waals surface area contributed by atoms with Gasteiger partial charge in [-0.05, 0) is 32.6 Å². The van der Waals surface area contributed by atoms with Gasteiger partial charge in [0.05, 0.1) is 11.2 Å². The van der Waals surface area contributed by atoms with Gasteiger partial charge in [-0.15, -0.1) is 5.10 Å². The molecule has 1 unspecified atom stereocenters. The van der Waals surface area contributed by atoms with E-state index < -0.39 is 0 Å². The van der Waals surface area contributed by atoms with Gasteiger partial charge in [-0.3, -0.25) is 0 Å². The molecule has 0 bridgehead atoms. The van der Waals surface area contributed by atoms with Gasteiger partial charge in [0.1, 0.15) is 0 Å². The van der Waals surface area contributed by atoms with Crippen LogP contribution in [0.25, 0.3) is 0 Å². The lowest BCUT2D eigenvalue weighted by molar-refractivity contribution is 0.345. The molecule has 0 aromatic carbocycles. The maximum Gasteiger partial charge on any atom is 0.0855 e. The first kappa shape index (κ1) is 13.2. The van der Waals surface area contributed by atoms with E-state index in [1.807, 2.05) is 4.68 Å². The van der Waals surface area contributed by atoms with Crippen molar-refractivity contribution in [2.75, 3.05) is 0 Å². The van der Waals surface area contributed by atoms with Gasteiger partial charge in [0.15, 0.2) is 0 Å². The summed E-state index contributed by atoms with van der Waals surface area (Å²) in [7, 11) is 0. The van der Waals surface area contributed by atoms with Crippen LogP contribution >= 0.6 is 0 Å². The molecule has 16 heavy (non-hydrogen) atoms. The first-order valence-corrected chi connectivity index (χ1v) is 6.02. The molecule has 3 heteroatoms. The summed E-state index contributed by atoms with van der Waals surface area (Å²) in [4.78, 5) is 0. The number of hydrogen-bond acceptors (Lipinski definition) is 2. The zero-order valence-electron chi connectivity index (χ0n) is 11.7. The Kier molecular flexibility index (Phi) is 3.46. The molecule has 1 atom stereocenters. The molecule has 0 aliphatic heterocycles. The van der Waals surface area contributed by atoms with Gasteiger partial charge in [-0.2, -0.15) is 0 Å². The van der Waals surface area contributed by atoms with Crippen LogP contribution in [0.3, 0.4) is 0 Å². The Bertz CT molecular complexity index is 339. The van der Waals surface area contributed by atoms with Crippen LogP contribution in [0.4, 0.5) is 0 Å². The van der Waals surface area contributed by atoms with Gasteiger partial charge in [-0.1, -0.05) is 32.9 Å². The first-order valence-electron chi connectivity index (χ1n) is 6.02. The molecule has 0 radical (unpaired) electrons. The van der Waals surface area contributed by atoms with Gasteiger partial charge in [0.25, 0.3) is 0 Å². The standard InChI is InChI=1S/C13H25N3/c1-10(8-12(2,3)4)11-9-16(15-14-11)13(5,6)7/h9-10H,8H2,1-7H3. The third kappa shape index (κ3) is 3.62. The fraction of sp³-hybridized carbons (Fsp3) is 0.846. The van der Waals surface area contributed by atoms with Gasteiger partial charge in [0.2, 0.25) is 0 Å². The normalized spacial score (nSPS) is 15.2. The molecular weight excluding hydrogens is 198 g/mol. The van der Waals surface area contributed by atoms with Crippen molar-refractivity contribution in [1.29, 1.82) is 0 Å². The summed E-state index contributed by atoms with van der Waals surface area (Å²) in [5.74, 6) is 0.469. The smallest absolute Gasteiger partial charge is 0.0855 e. The maximum atomic E-state index is 4.28. The lowest BCUT2D eigenvalue weighted by Crippen LogP contribution is -2.22. The zero-order chi connectivity index (χ0) is 12.6. The van der Waals surface area contributed by atoms with Crippen molar-refractivity contribution in [3.05, 3.63) is 11.9 Å². The van der Waals surface area contributed by atoms with E-state index in [-0.39, 0.29) is 5.54 Å². The number of hydrogen-bond donors (Lipinski definition) is 0. The maximum absolute atomic E-state index is 4.28. The second-order valence-corrected chi connectivity index (χ2v) is 6.92. The molecule has 1 aromatic heterocycles. The number of aromatic nitrogens is 3. The average molecular weight is 223 g/mol. The van der Waals surface area contributed by atoms with Crippen molar-refractivity contribution in [1.82, 2.24) is 15.0 Å². The predicted octanol–water partition coefficient (Wildman–Crippen LogP) is 3.57. The van der Waals surface area contributed by atoms with Crippen molar-refractivity contribution in [3.63, 3.8) is 0 Å². The number of rotatable bonds is 2. The minimum atomic E-state index is 0.0205. The third-order valence-corrected chi connectivity index (χ3v) is 2.62. The summed E-state index contributed by atoms with van der Waals surface area (Å²) in [6, 6.07) is 0. The van der Waals surface area contributed by atoms with E-state index in [0.29, 0.717) is 11.3 Å². The topological polar surface area (TPSA) is 30.7 Å². The van der Waals surface area contributed by atoms with E-state index in [4.69, 9.17) is 0 Å². The number of nitrogens with zero attached hydrogens (tertiary/aromatic N) is 3. The van der Waals surface area contributed by atoms with Gasteiger partial charge < -0.3 is 0 Å². The van der Waals surface area contributed by atoms with Crippen LogP contribution in [0.2, 0.25) is 0 Å². The molecule has 0 fully saturated rings. The molecule has 0 amide bonds. The molecule has 0 spiro atoms.